The van der Waals surface area contributed by atoms with Crippen LogP contribution in [0.2, 0.25) is 5.15 Å². The van der Waals surface area contributed by atoms with Gasteiger partial charge in [-0.1, -0.05) is 31.5 Å². The van der Waals surface area contributed by atoms with Crippen molar-refractivity contribution in [3.8, 4) is 0 Å². The quantitative estimate of drug-likeness (QED) is 0.785. The molecule has 0 amide bonds. The van der Waals surface area contributed by atoms with Gasteiger partial charge in [-0.2, -0.15) is 5.10 Å². The van der Waals surface area contributed by atoms with E-state index in [1.807, 2.05) is 13.8 Å². The van der Waals surface area contributed by atoms with E-state index in [4.69, 9.17) is 11.6 Å². The zero-order valence-corrected chi connectivity index (χ0v) is 9.41. The predicted molar refractivity (Wildman–Crippen MR) is 57.5 cm³/mol. The van der Waals surface area contributed by atoms with E-state index in [0.29, 0.717) is 10.7 Å². The molecule has 0 bridgehead atoms. The van der Waals surface area contributed by atoms with Crippen molar-refractivity contribution in [3.05, 3.63) is 29.1 Å². The van der Waals surface area contributed by atoms with Crippen LogP contribution in [0.4, 0.5) is 0 Å². The maximum absolute atomic E-state index is 9.70. The van der Waals surface area contributed by atoms with Gasteiger partial charge in [0.15, 0.2) is 0 Å². The summed E-state index contributed by atoms with van der Waals surface area (Å²) in [7, 11) is 1.76. The van der Waals surface area contributed by atoms with Gasteiger partial charge in [0.25, 0.3) is 0 Å². The Morgan fingerprint density at radius 2 is 2.14 bits per heavy atom. The number of rotatable bonds is 3. The second-order valence-corrected chi connectivity index (χ2v) is 3.91. The fraction of sp³-hybridized carbons (Fsp3) is 0.500. The monoisotopic (exact) mass is 214 g/mol. The molecule has 1 rings (SSSR count). The number of hydrogen-bond acceptors (Lipinski definition) is 2. The first-order valence-electron chi connectivity index (χ1n) is 4.52. The van der Waals surface area contributed by atoms with Crippen molar-refractivity contribution < 1.29 is 5.11 Å². The second kappa shape index (κ2) is 4.15. The highest BCUT2D eigenvalue weighted by atomic mass is 35.5. The van der Waals surface area contributed by atoms with E-state index in [1.54, 1.807) is 11.7 Å². The largest absolute Gasteiger partial charge is 0.384 e. The van der Waals surface area contributed by atoms with Crippen molar-refractivity contribution in [1.82, 2.24) is 9.78 Å². The van der Waals surface area contributed by atoms with Gasteiger partial charge in [-0.25, -0.2) is 0 Å². The molecule has 1 atom stereocenters. The molecule has 0 spiro atoms. The minimum atomic E-state index is -0.742. The Labute approximate surface area is 89.0 Å². The van der Waals surface area contributed by atoms with Crippen LogP contribution in [0.1, 0.15) is 37.1 Å². The van der Waals surface area contributed by atoms with E-state index in [-0.39, 0.29) is 5.92 Å². The van der Waals surface area contributed by atoms with E-state index < -0.39 is 6.10 Å². The predicted octanol–water partition coefficient (Wildman–Crippen LogP) is 2.42. The van der Waals surface area contributed by atoms with Crippen LogP contribution in [0.15, 0.2) is 12.7 Å². The maximum Gasteiger partial charge on any atom is 0.133 e. The van der Waals surface area contributed by atoms with Crippen molar-refractivity contribution >= 4 is 11.6 Å². The molecule has 1 unspecified atom stereocenters. The molecule has 1 aromatic heterocycles. The highest BCUT2D eigenvalue weighted by Crippen LogP contribution is 2.30. The lowest BCUT2D eigenvalue weighted by molar-refractivity contribution is 0.227. The summed E-state index contributed by atoms with van der Waals surface area (Å²) >= 11 is 6.02. The average Bonchev–Trinajstić information content (AvgIpc) is 2.43. The number of hydrogen-bond donors (Lipinski definition) is 1. The molecule has 1 aromatic rings. The van der Waals surface area contributed by atoms with Gasteiger partial charge >= 0.3 is 0 Å². The second-order valence-electron chi connectivity index (χ2n) is 3.55. The van der Waals surface area contributed by atoms with Crippen LogP contribution in [0.25, 0.3) is 0 Å². The molecule has 0 aliphatic rings. The number of aryl methyl sites for hydroxylation is 1. The van der Waals surface area contributed by atoms with Crippen molar-refractivity contribution in [3.63, 3.8) is 0 Å². The molecule has 14 heavy (non-hydrogen) atoms. The van der Waals surface area contributed by atoms with Crippen molar-refractivity contribution in [2.75, 3.05) is 0 Å². The normalized spacial score (nSPS) is 13.3. The first kappa shape index (κ1) is 11.3. The molecule has 0 saturated heterocycles. The third kappa shape index (κ3) is 1.83. The molecule has 0 radical (unpaired) electrons. The van der Waals surface area contributed by atoms with Crippen LogP contribution in [0.5, 0.6) is 0 Å². The van der Waals surface area contributed by atoms with Crippen LogP contribution in [-0.2, 0) is 7.05 Å². The van der Waals surface area contributed by atoms with E-state index in [9.17, 15) is 5.11 Å². The SMILES string of the molecule is C=CC(O)c1c(C(C)C)nn(C)c1Cl. The molecule has 1 heterocycles. The molecule has 0 fully saturated rings. The minimum Gasteiger partial charge on any atom is -0.384 e. The summed E-state index contributed by atoms with van der Waals surface area (Å²) in [6.45, 7) is 7.57. The molecular formula is C10H15ClN2O. The van der Waals surface area contributed by atoms with Gasteiger partial charge in [0.1, 0.15) is 11.3 Å². The van der Waals surface area contributed by atoms with E-state index in [1.165, 1.54) is 6.08 Å². The summed E-state index contributed by atoms with van der Waals surface area (Å²) in [5.74, 6) is 0.235. The number of halogens is 1. The lowest BCUT2D eigenvalue weighted by atomic mass is 10.0. The smallest absolute Gasteiger partial charge is 0.133 e. The molecule has 0 aliphatic carbocycles. The molecule has 0 saturated carbocycles. The van der Waals surface area contributed by atoms with Crippen molar-refractivity contribution in [1.29, 1.82) is 0 Å². The van der Waals surface area contributed by atoms with Crippen LogP contribution in [-0.4, -0.2) is 14.9 Å². The fourth-order valence-electron chi connectivity index (χ4n) is 1.36. The Bertz CT molecular complexity index is 344. The van der Waals surface area contributed by atoms with Gasteiger partial charge < -0.3 is 5.11 Å². The molecule has 78 valence electrons. The summed E-state index contributed by atoms with van der Waals surface area (Å²) < 4.78 is 1.57. The number of aromatic nitrogens is 2. The number of aliphatic hydroxyl groups excluding tert-OH is 1. The Morgan fingerprint density at radius 3 is 2.57 bits per heavy atom. The molecule has 0 aromatic carbocycles. The Kier molecular flexibility index (Phi) is 3.34. The number of nitrogens with zero attached hydrogens (tertiary/aromatic N) is 2. The summed E-state index contributed by atoms with van der Waals surface area (Å²) in [6, 6.07) is 0. The highest BCUT2D eigenvalue weighted by Gasteiger charge is 2.21. The third-order valence-electron chi connectivity index (χ3n) is 2.11. The molecule has 0 aliphatic heterocycles. The van der Waals surface area contributed by atoms with E-state index in [0.717, 1.165) is 5.69 Å². The van der Waals surface area contributed by atoms with Gasteiger partial charge in [-0.3, -0.25) is 4.68 Å². The summed E-state index contributed by atoms with van der Waals surface area (Å²) in [5, 5.41) is 14.4. The van der Waals surface area contributed by atoms with Crippen molar-refractivity contribution in [2.45, 2.75) is 25.9 Å². The maximum atomic E-state index is 9.70. The summed E-state index contributed by atoms with van der Waals surface area (Å²) in [6.07, 6.45) is 0.711. The van der Waals surface area contributed by atoms with Crippen LogP contribution in [0.3, 0.4) is 0 Å². The lowest BCUT2D eigenvalue weighted by Crippen LogP contribution is -1.99. The topological polar surface area (TPSA) is 38.1 Å². The molecule has 3 nitrogen and oxygen atoms in total. The van der Waals surface area contributed by atoms with Gasteiger partial charge in [0.2, 0.25) is 0 Å². The molecule has 4 heteroatoms. The van der Waals surface area contributed by atoms with Gasteiger partial charge in [0.05, 0.1) is 5.69 Å². The number of aliphatic hydroxyl groups is 1. The van der Waals surface area contributed by atoms with Gasteiger partial charge in [-0.15, -0.1) is 6.58 Å². The lowest BCUT2D eigenvalue weighted by Gasteiger charge is -2.08. The average molecular weight is 215 g/mol. The Balaban J connectivity index is 3.29. The highest BCUT2D eigenvalue weighted by molar-refractivity contribution is 6.30. The van der Waals surface area contributed by atoms with E-state index in [2.05, 4.69) is 11.7 Å². The zero-order valence-electron chi connectivity index (χ0n) is 8.66. The minimum absolute atomic E-state index is 0.235. The Hall–Kier alpha value is -0.800. The van der Waals surface area contributed by atoms with Crippen LogP contribution < -0.4 is 0 Å². The van der Waals surface area contributed by atoms with E-state index >= 15 is 0 Å². The summed E-state index contributed by atoms with van der Waals surface area (Å²) in [4.78, 5) is 0. The van der Waals surface area contributed by atoms with Crippen LogP contribution in [0, 0.1) is 0 Å². The summed E-state index contributed by atoms with van der Waals surface area (Å²) in [5.41, 5.74) is 1.49. The standard InChI is InChI=1S/C10H15ClN2O/c1-5-7(14)8-9(6(2)3)12-13(4)10(8)11/h5-7,14H,1H2,2-4H3. The Morgan fingerprint density at radius 1 is 1.57 bits per heavy atom. The van der Waals surface area contributed by atoms with Crippen LogP contribution >= 0.6 is 11.6 Å². The molecular weight excluding hydrogens is 200 g/mol. The first-order chi connectivity index (χ1) is 6.49. The third-order valence-corrected chi connectivity index (χ3v) is 2.55. The van der Waals surface area contributed by atoms with Gasteiger partial charge in [-0.05, 0) is 5.92 Å². The fourth-order valence-corrected chi connectivity index (χ4v) is 1.60. The first-order valence-corrected chi connectivity index (χ1v) is 4.89. The zero-order chi connectivity index (χ0) is 10.9. The van der Waals surface area contributed by atoms with Crippen molar-refractivity contribution in [2.24, 2.45) is 7.05 Å². The molecule has 1 N–H and O–H groups in total. The van der Waals surface area contributed by atoms with Gasteiger partial charge in [0, 0.05) is 12.6 Å².